The molecule has 96 valence electrons. The Balaban J connectivity index is 2.45. The van der Waals surface area contributed by atoms with E-state index in [1.165, 1.54) is 18.2 Å². The summed E-state index contributed by atoms with van der Waals surface area (Å²) in [5, 5.41) is 11.5. The number of anilines is 3. The van der Waals surface area contributed by atoms with Crippen molar-refractivity contribution in [2.45, 2.75) is 0 Å². The number of nitrogens with two attached hydrogens (primary N) is 1. The van der Waals surface area contributed by atoms with E-state index < -0.39 is 11.6 Å². The van der Waals surface area contributed by atoms with Gasteiger partial charge in [-0.15, -0.1) is 0 Å². The Morgan fingerprint density at radius 3 is 2.58 bits per heavy atom. The standard InChI is InChI=1S/C13H8ClF2N3/c14-8-4-11(18)13(5-10(8)16)19-12-3-1-2-9(15)7(12)6-17/h1-5,19H,18H2. The first-order valence-electron chi connectivity index (χ1n) is 5.23. The van der Waals surface area contributed by atoms with Gasteiger partial charge in [0.2, 0.25) is 0 Å². The predicted molar refractivity (Wildman–Crippen MR) is 70.2 cm³/mol. The number of hydrogen-bond acceptors (Lipinski definition) is 3. The van der Waals surface area contributed by atoms with Crippen LogP contribution in [0.25, 0.3) is 0 Å². The maximum atomic E-state index is 13.4. The lowest BCUT2D eigenvalue weighted by atomic mass is 10.1. The summed E-state index contributed by atoms with van der Waals surface area (Å²) < 4.78 is 26.8. The maximum absolute atomic E-state index is 13.4. The van der Waals surface area contributed by atoms with E-state index in [2.05, 4.69) is 5.32 Å². The molecule has 0 aliphatic carbocycles. The summed E-state index contributed by atoms with van der Waals surface area (Å²) in [6.45, 7) is 0. The lowest BCUT2D eigenvalue weighted by molar-refractivity contribution is 0.624. The quantitative estimate of drug-likeness (QED) is 0.822. The lowest BCUT2D eigenvalue weighted by Crippen LogP contribution is -2.00. The van der Waals surface area contributed by atoms with Crippen LogP contribution in [-0.4, -0.2) is 0 Å². The lowest BCUT2D eigenvalue weighted by Gasteiger charge is -2.11. The molecule has 3 nitrogen and oxygen atoms in total. The van der Waals surface area contributed by atoms with Gasteiger partial charge in [0.25, 0.3) is 0 Å². The smallest absolute Gasteiger partial charge is 0.144 e. The van der Waals surface area contributed by atoms with E-state index in [4.69, 9.17) is 22.6 Å². The molecule has 0 aromatic heterocycles. The van der Waals surface area contributed by atoms with Crippen LogP contribution in [0.3, 0.4) is 0 Å². The van der Waals surface area contributed by atoms with Gasteiger partial charge in [-0.3, -0.25) is 0 Å². The average molecular weight is 280 g/mol. The van der Waals surface area contributed by atoms with Gasteiger partial charge in [0.15, 0.2) is 0 Å². The number of nitrogens with zero attached hydrogens (tertiary/aromatic N) is 1. The molecule has 0 unspecified atom stereocenters. The first-order valence-corrected chi connectivity index (χ1v) is 5.61. The third-order valence-corrected chi connectivity index (χ3v) is 2.78. The zero-order chi connectivity index (χ0) is 14.0. The number of nitriles is 1. The molecule has 0 fully saturated rings. The van der Waals surface area contributed by atoms with E-state index in [1.807, 2.05) is 0 Å². The highest BCUT2D eigenvalue weighted by Crippen LogP contribution is 2.30. The SMILES string of the molecule is N#Cc1c(F)cccc1Nc1cc(F)c(Cl)cc1N. The third kappa shape index (κ3) is 2.59. The highest BCUT2D eigenvalue weighted by Gasteiger charge is 2.11. The van der Waals surface area contributed by atoms with Crippen LogP contribution in [-0.2, 0) is 0 Å². The number of rotatable bonds is 2. The predicted octanol–water partition coefficient (Wildman–Crippen LogP) is 3.82. The minimum absolute atomic E-state index is 0.109. The van der Waals surface area contributed by atoms with Crippen molar-refractivity contribution >= 4 is 28.7 Å². The fourth-order valence-corrected chi connectivity index (χ4v) is 1.73. The monoisotopic (exact) mass is 279 g/mol. The molecule has 0 aliphatic rings. The van der Waals surface area contributed by atoms with Crippen molar-refractivity contribution < 1.29 is 8.78 Å². The minimum atomic E-state index is -0.666. The van der Waals surface area contributed by atoms with Crippen LogP contribution in [0.1, 0.15) is 5.56 Å². The summed E-state index contributed by atoms with van der Waals surface area (Å²) in [4.78, 5) is 0. The molecular weight excluding hydrogens is 272 g/mol. The van der Waals surface area contributed by atoms with Gasteiger partial charge in [0.1, 0.15) is 23.3 Å². The van der Waals surface area contributed by atoms with Crippen LogP contribution in [0, 0.1) is 23.0 Å². The molecule has 0 heterocycles. The van der Waals surface area contributed by atoms with Crippen molar-refractivity contribution in [3.63, 3.8) is 0 Å². The third-order valence-electron chi connectivity index (χ3n) is 2.49. The van der Waals surface area contributed by atoms with Crippen molar-refractivity contribution in [3.8, 4) is 6.07 Å². The topological polar surface area (TPSA) is 61.8 Å². The van der Waals surface area contributed by atoms with Crippen molar-refractivity contribution in [1.29, 1.82) is 5.26 Å². The second kappa shape index (κ2) is 5.12. The molecule has 3 N–H and O–H groups in total. The van der Waals surface area contributed by atoms with Crippen molar-refractivity contribution in [3.05, 3.63) is 52.6 Å². The number of nitrogen functional groups attached to an aromatic ring is 1. The molecule has 2 aromatic rings. The molecule has 0 saturated carbocycles. The van der Waals surface area contributed by atoms with Gasteiger partial charge in [0, 0.05) is 6.07 Å². The highest BCUT2D eigenvalue weighted by atomic mass is 35.5. The fraction of sp³-hybridized carbons (Fsp3) is 0. The second-order valence-corrected chi connectivity index (χ2v) is 4.16. The van der Waals surface area contributed by atoms with Crippen LogP contribution in [0.2, 0.25) is 5.02 Å². The summed E-state index contributed by atoms with van der Waals surface area (Å²) in [5.74, 6) is -1.33. The largest absolute Gasteiger partial charge is 0.397 e. The number of hydrogen-bond donors (Lipinski definition) is 2. The van der Waals surface area contributed by atoms with Gasteiger partial charge in [0.05, 0.1) is 22.1 Å². The molecule has 0 aliphatic heterocycles. The molecule has 0 saturated heterocycles. The zero-order valence-electron chi connectivity index (χ0n) is 9.55. The van der Waals surface area contributed by atoms with Gasteiger partial charge in [-0.05, 0) is 18.2 Å². The molecule has 0 amide bonds. The van der Waals surface area contributed by atoms with Crippen LogP contribution in [0.5, 0.6) is 0 Å². The van der Waals surface area contributed by atoms with Gasteiger partial charge >= 0.3 is 0 Å². The van der Waals surface area contributed by atoms with Crippen molar-refractivity contribution in [1.82, 2.24) is 0 Å². The molecule has 0 bridgehead atoms. The first-order chi connectivity index (χ1) is 9.02. The van der Waals surface area contributed by atoms with Crippen molar-refractivity contribution in [2.24, 2.45) is 0 Å². The Labute approximate surface area is 113 Å². The zero-order valence-corrected chi connectivity index (χ0v) is 10.3. The van der Waals surface area contributed by atoms with Crippen molar-refractivity contribution in [2.75, 3.05) is 11.1 Å². The Morgan fingerprint density at radius 2 is 1.89 bits per heavy atom. The normalized spacial score (nSPS) is 10.0. The Morgan fingerprint density at radius 1 is 1.16 bits per heavy atom. The van der Waals surface area contributed by atoms with Crippen LogP contribution < -0.4 is 11.1 Å². The Hall–Kier alpha value is -2.32. The summed E-state index contributed by atoms with van der Waals surface area (Å²) in [6.07, 6.45) is 0. The molecule has 2 aromatic carbocycles. The van der Waals surface area contributed by atoms with E-state index >= 15 is 0 Å². The summed E-state index contributed by atoms with van der Waals surface area (Å²) in [5.41, 5.74) is 6.12. The van der Waals surface area contributed by atoms with Gasteiger partial charge < -0.3 is 11.1 Å². The second-order valence-electron chi connectivity index (χ2n) is 3.75. The van der Waals surface area contributed by atoms with Gasteiger partial charge in [-0.25, -0.2) is 8.78 Å². The summed E-state index contributed by atoms with van der Waals surface area (Å²) in [7, 11) is 0. The molecule has 0 atom stereocenters. The Kier molecular flexibility index (Phi) is 3.54. The maximum Gasteiger partial charge on any atom is 0.144 e. The van der Waals surface area contributed by atoms with E-state index in [0.717, 1.165) is 12.1 Å². The molecule has 0 spiro atoms. The van der Waals surface area contributed by atoms with Gasteiger partial charge in [-0.2, -0.15) is 5.26 Å². The summed E-state index contributed by atoms with van der Waals surface area (Å²) in [6, 6.07) is 8.15. The highest BCUT2D eigenvalue weighted by molar-refractivity contribution is 6.31. The Bertz CT molecular complexity index is 680. The van der Waals surface area contributed by atoms with E-state index in [1.54, 1.807) is 6.07 Å². The average Bonchev–Trinajstić information content (AvgIpc) is 2.36. The van der Waals surface area contributed by atoms with E-state index in [-0.39, 0.29) is 27.6 Å². The van der Waals surface area contributed by atoms with Crippen LogP contribution in [0.15, 0.2) is 30.3 Å². The molecule has 2 rings (SSSR count). The molecule has 6 heteroatoms. The van der Waals surface area contributed by atoms with Crippen LogP contribution >= 0.6 is 11.6 Å². The fourth-order valence-electron chi connectivity index (χ4n) is 1.56. The first kappa shape index (κ1) is 13.1. The summed E-state index contributed by atoms with van der Waals surface area (Å²) >= 11 is 5.58. The van der Waals surface area contributed by atoms with E-state index in [9.17, 15) is 8.78 Å². The molecular formula is C13H8ClF2N3. The van der Waals surface area contributed by atoms with E-state index in [0.29, 0.717) is 0 Å². The van der Waals surface area contributed by atoms with Gasteiger partial charge in [-0.1, -0.05) is 17.7 Å². The number of nitrogens with one attached hydrogen (secondary N) is 1. The minimum Gasteiger partial charge on any atom is -0.397 e. The number of benzene rings is 2. The molecule has 0 radical (unpaired) electrons. The number of halogens is 3. The van der Waals surface area contributed by atoms with Crippen LogP contribution in [0.4, 0.5) is 25.8 Å². The molecule has 19 heavy (non-hydrogen) atoms.